The third-order valence-corrected chi connectivity index (χ3v) is 1.79. The lowest BCUT2D eigenvalue weighted by Gasteiger charge is -2.04. The van der Waals surface area contributed by atoms with Crippen LogP contribution in [0.5, 0.6) is 0 Å². The van der Waals surface area contributed by atoms with E-state index in [1.165, 1.54) is 19.3 Å². The summed E-state index contributed by atoms with van der Waals surface area (Å²) in [5.41, 5.74) is 3.25. The fourth-order valence-corrected chi connectivity index (χ4v) is 1.28. The minimum Gasteiger partial charge on any atom is -0.0585 e. The zero-order valence-corrected chi connectivity index (χ0v) is 4.28. The molecule has 36 valence electrons. The Morgan fingerprint density at radius 1 is 1.00 bits per heavy atom. The molecule has 0 atom stereocenters. The summed E-state index contributed by atoms with van der Waals surface area (Å²) in [6.07, 6.45) is 8.58. The first-order valence-corrected chi connectivity index (χ1v) is 2.87. The van der Waals surface area contributed by atoms with Gasteiger partial charge in [-0.1, -0.05) is 12.2 Å². The molecule has 0 aromatic rings. The summed E-state index contributed by atoms with van der Waals surface area (Å²) < 4.78 is 0. The van der Waals surface area contributed by atoms with E-state index in [1.54, 1.807) is 11.1 Å². The summed E-state index contributed by atoms with van der Waals surface area (Å²) in [7, 11) is 0. The van der Waals surface area contributed by atoms with Crippen LogP contribution >= 0.6 is 0 Å². The van der Waals surface area contributed by atoms with Crippen LogP contribution in [0.25, 0.3) is 0 Å². The molecule has 0 aliphatic heterocycles. The molecule has 0 amide bonds. The van der Waals surface area contributed by atoms with E-state index in [-0.39, 0.29) is 0 Å². The second-order valence-electron chi connectivity index (χ2n) is 2.24. The third kappa shape index (κ3) is 0.317. The van der Waals surface area contributed by atoms with Crippen LogP contribution in [0.15, 0.2) is 23.3 Å². The van der Waals surface area contributed by atoms with Gasteiger partial charge < -0.3 is 0 Å². The number of allylic oxidation sites excluding steroid dienone is 4. The van der Waals surface area contributed by atoms with Crippen LogP contribution in [-0.2, 0) is 0 Å². The molecule has 0 saturated heterocycles. The van der Waals surface area contributed by atoms with E-state index >= 15 is 0 Å². The molecule has 0 fully saturated rings. The normalized spacial score (nSPS) is 25.1. The van der Waals surface area contributed by atoms with E-state index < -0.39 is 0 Å². The van der Waals surface area contributed by atoms with Gasteiger partial charge in [-0.25, -0.2) is 0 Å². The van der Waals surface area contributed by atoms with Gasteiger partial charge in [-0.15, -0.1) is 0 Å². The molecule has 0 nitrogen and oxygen atoms in total. The second kappa shape index (κ2) is 1.00. The first kappa shape index (κ1) is 3.48. The van der Waals surface area contributed by atoms with Gasteiger partial charge in [0.15, 0.2) is 0 Å². The van der Waals surface area contributed by atoms with Crippen molar-refractivity contribution in [1.82, 2.24) is 0 Å². The molecule has 2 rings (SSSR count). The monoisotopic (exact) mass is 92.1 g/mol. The lowest BCUT2D eigenvalue weighted by atomic mass is 10.0. The van der Waals surface area contributed by atoms with Gasteiger partial charge in [-0.3, -0.25) is 0 Å². The molecule has 0 spiro atoms. The lowest BCUT2D eigenvalue weighted by Crippen LogP contribution is -1.83. The van der Waals surface area contributed by atoms with Gasteiger partial charge in [0.1, 0.15) is 0 Å². The van der Waals surface area contributed by atoms with Crippen LogP contribution in [0, 0.1) is 0 Å². The van der Waals surface area contributed by atoms with Gasteiger partial charge in [0, 0.05) is 0 Å². The smallest absolute Gasteiger partial charge is 0.0273 e. The summed E-state index contributed by atoms with van der Waals surface area (Å²) in [6, 6.07) is 0. The van der Waals surface area contributed by atoms with Crippen LogP contribution in [0.1, 0.15) is 19.3 Å². The zero-order chi connectivity index (χ0) is 4.69. The molecular formula is C7H8. The standard InChI is InChI=1S/C7H8/c1-2-6-4-5-7(6)3-1/h4-5H,1-3H2. The highest BCUT2D eigenvalue weighted by molar-refractivity contribution is 5.47. The Morgan fingerprint density at radius 3 is 1.86 bits per heavy atom. The average Bonchev–Trinajstić information content (AvgIpc) is 1.85. The predicted octanol–water partition coefficient (Wildman–Crippen LogP) is 2.04. The predicted molar refractivity (Wildman–Crippen MR) is 30.0 cm³/mol. The number of hydrogen-bond acceptors (Lipinski definition) is 0. The molecule has 0 aromatic heterocycles. The van der Waals surface area contributed by atoms with E-state index in [2.05, 4.69) is 12.2 Å². The van der Waals surface area contributed by atoms with Crippen molar-refractivity contribution in [3.63, 3.8) is 0 Å². The van der Waals surface area contributed by atoms with Gasteiger partial charge in [-0.05, 0) is 30.4 Å². The fourth-order valence-electron chi connectivity index (χ4n) is 1.28. The highest BCUT2D eigenvalue weighted by atomic mass is 14.2. The van der Waals surface area contributed by atoms with Crippen LogP contribution in [0.2, 0.25) is 0 Å². The van der Waals surface area contributed by atoms with E-state index in [9.17, 15) is 0 Å². The zero-order valence-electron chi connectivity index (χ0n) is 4.28. The van der Waals surface area contributed by atoms with Crippen LogP contribution in [0.4, 0.5) is 0 Å². The Balaban J connectivity index is 2.31. The molecule has 0 saturated carbocycles. The van der Waals surface area contributed by atoms with Crippen molar-refractivity contribution in [2.45, 2.75) is 19.3 Å². The van der Waals surface area contributed by atoms with Crippen LogP contribution in [-0.4, -0.2) is 0 Å². The van der Waals surface area contributed by atoms with Crippen molar-refractivity contribution in [3.8, 4) is 0 Å². The molecule has 0 aromatic carbocycles. The Morgan fingerprint density at radius 2 is 1.57 bits per heavy atom. The quantitative estimate of drug-likeness (QED) is 0.429. The van der Waals surface area contributed by atoms with Gasteiger partial charge in [0.25, 0.3) is 0 Å². The Hall–Kier alpha value is -0.520. The Bertz CT molecular complexity index is 133. The van der Waals surface area contributed by atoms with Gasteiger partial charge in [0.05, 0.1) is 0 Å². The molecule has 2 aliphatic rings. The number of hydrogen-bond donors (Lipinski definition) is 0. The number of rotatable bonds is 0. The molecule has 0 bridgehead atoms. The van der Waals surface area contributed by atoms with Crippen LogP contribution in [0.3, 0.4) is 0 Å². The van der Waals surface area contributed by atoms with Crippen LogP contribution < -0.4 is 0 Å². The minimum absolute atomic E-state index is 1.35. The lowest BCUT2D eigenvalue weighted by molar-refractivity contribution is 0.913. The summed E-state index contributed by atoms with van der Waals surface area (Å²) in [5.74, 6) is 0. The largest absolute Gasteiger partial charge is 0.0585 e. The van der Waals surface area contributed by atoms with E-state index in [4.69, 9.17) is 0 Å². The van der Waals surface area contributed by atoms with Gasteiger partial charge in [0.2, 0.25) is 0 Å². The van der Waals surface area contributed by atoms with Crippen molar-refractivity contribution in [2.75, 3.05) is 0 Å². The molecule has 2 aliphatic carbocycles. The van der Waals surface area contributed by atoms with Crippen molar-refractivity contribution in [2.24, 2.45) is 0 Å². The maximum atomic E-state index is 2.24. The maximum absolute atomic E-state index is 2.24. The van der Waals surface area contributed by atoms with Gasteiger partial charge in [-0.2, -0.15) is 0 Å². The summed E-state index contributed by atoms with van der Waals surface area (Å²) >= 11 is 0. The van der Waals surface area contributed by atoms with E-state index in [0.717, 1.165) is 0 Å². The van der Waals surface area contributed by atoms with Crippen molar-refractivity contribution >= 4 is 0 Å². The first-order chi connectivity index (χ1) is 3.47. The second-order valence-corrected chi connectivity index (χ2v) is 2.24. The molecule has 7 heavy (non-hydrogen) atoms. The van der Waals surface area contributed by atoms with E-state index in [0.29, 0.717) is 0 Å². The molecule has 0 radical (unpaired) electrons. The average molecular weight is 92.1 g/mol. The first-order valence-electron chi connectivity index (χ1n) is 2.87. The fraction of sp³-hybridized carbons (Fsp3) is 0.429. The Kier molecular flexibility index (Phi) is 0.498. The molecule has 0 heterocycles. The SMILES string of the molecule is C1=CC2=C1CCC2. The third-order valence-electron chi connectivity index (χ3n) is 1.79. The maximum Gasteiger partial charge on any atom is -0.0273 e. The minimum atomic E-state index is 1.35. The summed E-state index contributed by atoms with van der Waals surface area (Å²) in [6.45, 7) is 0. The molecular weight excluding hydrogens is 84.1 g/mol. The topological polar surface area (TPSA) is 0 Å². The van der Waals surface area contributed by atoms with Crippen molar-refractivity contribution in [3.05, 3.63) is 23.3 Å². The molecule has 0 heteroatoms. The van der Waals surface area contributed by atoms with Crippen molar-refractivity contribution < 1.29 is 0 Å². The highest BCUT2D eigenvalue weighted by Crippen LogP contribution is 2.33. The van der Waals surface area contributed by atoms with Gasteiger partial charge >= 0.3 is 0 Å². The summed E-state index contributed by atoms with van der Waals surface area (Å²) in [4.78, 5) is 0. The summed E-state index contributed by atoms with van der Waals surface area (Å²) in [5, 5.41) is 0. The Labute approximate surface area is 43.5 Å². The van der Waals surface area contributed by atoms with Crippen molar-refractivity contribution in [1.29, 1.82) is 0 Å². The van der Waals surface area contributed by atoms with E-state index in [1.807, 2.05) is 0 Å². The molecule has 0 unspecified atom stereocenters. The highest BCUT2D eigenvalue weighted by Gasteiger charge is 2.14. The molecule has 0 N–H and O–H groups in total.